The van der Waals surface area contributed by atoms with Gasteiger partial charge in [0.05, 0.1) is 11.4 Å². The molecule has 0 aliphatic carbocycles. The zero-order valence-electron chi connectivity index (χ0n) is 19.6. The standard InChI is InChI=1S/C29H24N4O3/c1-33-25-18-9-8-17-24(25)26(20-11-4-2-5-12-20)31-27(28(33)34)32-29(35)30-21-13-10-16-23(19-21)36-22-14-6-3-7-15-22/h2-19,27H,1H3,(H2,30,32,35)/t27-/m0/s1. The SMILES string of the molecule is CN1C(=O)[C@H](NC(=O)Nc2cccc(Oc3ccccc3)c2)N=C(c2ccccc2)c2ccccc21. The number of likely N-dealkylation sites (N-methyl/N-ethyl adjacent to an activating group) is 1. The van der Waals surface area contributed by atoms with E-state index in [2.05, 4.69) is 10.6 Å². The Labute approximate surface area is 209 Å². The van der Waals surface area contributed by atoms with Crippen LogP contribution in [0.15, 0.2) is 114 Å². The van der Waals surface area contributed by atoms with E-state index >= 15 is 0 Å². The number of benzene rings is 4. The molecule has 4 aromatic carbocycles. The van der Waals surface area contributed by atoms with Crippen LogP contribution in [0.4, 0.5) is 16.2 Å². The Morgan fingerprint density at radius 1 is 0.833 bits per heavy atom. The number of carbonyl (C=O) groups is 2. The van der Waals surface area contributed by atoms with Crippen LogP contribution in [-0.4, -0.2) is 30.9 Å². The zero-order valence-corrected chi connectivity index (χ0v) is 19.6. The van der Waals surface area contributed by atoms with Crippen molar-refractivity contribution in [2.45, 2.75) is 6.17 Å². The molecule has 36 heavy (non-hydrogen) atoms. The predicted molar refractivity (Wildman–Crippen MR) is 141 cm³/mol. The van der Waals surface area contributed by atoms with Gasteiger partial charge >= 0.3 is 6.03 Å². The largest absolute Gasteiger partial charge is 0.457 e. The van der Waals surface area contributed by atoms with Gasteiger partial charge in [-0.05, 0) is 30.3 Å². The zero-order chi connectivity index (χ0) is 24.9. The minimum absolute atomic E-state index is 0.343. The molecule has 1 aliphatic heterocycles. The third-order valence-electron chi connectivity index (χ3n) is 5.73. The number of ether oxygens (including phenoxy) is 1. The van der Waals surface area contributed by atoms with Gasteiger partial charge in [-0.3, -0.25) is 4.79 Å². The Morgan fingerprint density at radius 2 is 1.50 bits per heavy atom. The van der Waals surface area contributed by atoms with Crippen LogP contribution in [0.2, 0.25) is 0 Å². The Morgan fingerprint density at radius 3 is 2.28 bits per heavy atom. The smallest absolute Gasteiger partial charge is 0.321 e. The van der Waals surface area contributed by atoms with Crippen LogP contribution in [-0.2, 0) is 4.79 Å². The molecule has 1 aliphatic rings. The molecule has 7 nitrogen and oxygen atoms in total. The van der Waals surface area contributed by atoms with E-state index in [9.17, 15) is 9.59 Å². The molecule has 4 aromatic rings. The van der Waals surface area contributed by atoms with Crippen molar-refractivity contribution in [3.05, 3.63) is 120 Å². The van der Waals surface area contributed by atoms with Gasteiger partial charge in [-0.25, -0.2) is 9.79 Å². The first-order valence-electron chi connectivity index (χ1n) is 11.5. The number of hydrogen-bond acceptors (Lipinski definition) is 4. The molecule has 0 fully saturated rings. The molecule has 0 saturated heterocycles. The summed E-state index contributed by atoms with van der Waals surface area (Å²) in [6, 6.07) is 33.0. The van der Waals surface area contributed by atoms with E-state index in [4.69, 9.17) is 9.73 Å². The van der Waals surface area contributed by atoms with Gasteiger partial charge in [0.1, 0.15) is 11.5 Å². The molecule has 0 aromatic heterocycles. The number of carbonyl (C=O) groups excluding carboxylic acids is 2. The van der Waals surface area contributed by atoms with Crippen molar-refractivity contribution in [2.75, 3.05) is 17.3 Å². The summed E-state index contributed by atoms with van der Waals surface area (Å²) in [6.45, 7) is 0. The quantitative estimate of drug-likeness (QED) is 0.402. The molecule has 0 spiro atoms. The number of hydrogen-bond donors (Lipinski definition) is 2. The number of nitrogens with zero attached hydrogens (tertiary/aromatic N) is 2. The summed E-state index contributed by atoms with van der Waals surface area (Å²) in [5.41, 5.74) is 3.54. The third kappa shape index (κ3) is 4.95. The van der Waals surface area contributed by atoms with Crippen molar-refractivity contribution in [2.24, 2.45) is 4.99 Å². The van der Waals surface area contributed by atoms with E-state index in [1.165, 1.54) is 4.90 Å². The number of urea groups is 1. The lowest BCUT2D eigenvalue weighted by Crippen LogP contribution is -2.47. The Kier molecular flexibility index (Phi) is 6.44. The lowest BCUT2D eigenvalue weighted by Gasteiger charge is -2.21. The highest BCUT2D eigenvalue weighted by molar-refractivity contribution is 6.20. The van der Waals surface area contributed by atoms with Crippen molar-refractivity contribution in [1.82, 2.24) is 5.32 Å². The van der Waals surface area contributed by atoms with Crippen LogP contribution in [0.5, 0.6) is 11.5 Å². The molecule has 0 saturated carbocycles. The Bertz CT molecular complexity index is 1420. The van der Waals surface area contributed by atoms with Crippen LogP contribution in [0.1, 0.15) is 11.1 Å². The Hall–Kier alpha value is -4.91. The molecule has 7 heteroatoms. The first kappa shape index (κ1) is 22.9. The van der Waals surface area contributed by atoms with E-state index in [1.807, 2.05) is 84.9 Å². The molecule has 1 atom stereocenters. The fraction of sp³-hybridized carbons (Fsp3) is 0.0690. The van der Waals surface area contributed by atoms with Crippen molar-refractivity contribution < 1.29 is 14.3 Å². The summed E-state index contributed by atoms with van der Waals surface area (Å²) in [5, 5.41) is 5.50. The first-order chi connectivity index (χ1) is 17.6. The lowest BCUT2D eigenvalue weighted by molar-refractivity contribution is -0.119. The van der Waals surface area contributed by atoms with Crippen molar-refractivity contribution >= 4 is 29.0 Å². The molecule has 3 amide bonds. The maximum atomic E-state index is 13.3. The fourth-order valence-electron chi connectivity index (χ4n) is 4.00. The maximum absolute atomic E-state index is 13.3. The van der Waals surface area contributed by atoms with Gasteiger partial charge in [-0.2, -0.15) is 0 Å². The van der Waals surface area contributed by atoms with E-state index in [1.54, 1.807) is 31.3 Å². The van der Waals surface area contributed by atoms with Gasteiger partial charge in [0, 0.05) is 29.9 Å². The van der Waals surface area contributed by atoms with Gasteiger partial charge in [-0.1, -0.05) is 72.8 Å². The van der Waals surface area contributed by atoms with Crippen LogP contribution < -0.4 is 20.3 Å². The molecule has 1 heterocycles. The molecule has 0 radical (unpaired) electrons. The monoisotopic (exact) mass is 476 g/mol. The van der Waals surface area contributed by atoms with Crippen molar-refractivity contribution in [3.63, 3.8) is 0 Å². The molecule has 2 N–H and O–H groups in total. The predicted octanol–water partition coefficient (Wildman–Crippen LogP) is 5.44. The van der Waals surface area contributed by atoms with Crippen LogP contribution in [0.3, 0.4) is 0 Å². The van der Waals surface area contributed by atoms with E-state index < -0.39 is 12.2 Å². The van der Waals surface area contributed by atoms with E-state index in [-0.39, 0.29) is 5.91 Å². The molecular weight excluding hydrogens is 452 g/mol. The summed E-state index contributed by atoms with van der Waals surface area (Å²) in [6.07, 6.45) is -1.11. The lowest BCUT2D eigenvalue weighted by atomic mass is 10.0. The molecule has 0 bridgehead atoms. The number of amides is 3. The van der Waals surface area contributed by atoms with Gasteiger partial charge < -0.3 is 20.3 Å². The third-order valence-corrected chi connectivity index (χ3v) is 5.73. The highest BCUT2D eigenvalue weighted by Gasteiger charge is 2.30. The normalized spacial score (nSPS) is 14.8. The number of nitrogens with one attached hydrogen (secondary N) is 2. The molecule has 5 rings (SSSR count). The second-order valence-corrected chi connectivity index (χ2v) is 8.20. The van der Waals surface area contributed by atoms with Crippen molar-refractivity contribution in [3.8, 4) is 11.5 Å². The highest BCUT2D eigenvalue weighted by atomic mass is 16.5. The summed E-state index contributed by atoms with van der Waals surface area (Å²) in [5.74, 6) is 0.919. The van der Waals surface area contributed by atoms with Crippen LogP contribution in [0.25, 0.3) is 0 Å². The first-order valence-corrected chi connectivity index (χ1v) is 11.5. The summed E-state index contributed by atoms with van der Waals surface area (Å²) < 4.78 is 5.84. The second-order valence-electron chi connectivity index (χ2n) is 8.20. The molecule has 0 unspecified atom stereocenters. The van der Waals surface area contributed by atoms with Gasteiger partial charge in [-0.15, -0.1) is 0 Å². The molecule has 178 valence electrons. The average molecular weight is 477 g/mol. The van der Waals surface area contributed by atoms with Crippen LogP contribution in [0, 0.1) is 0 Å². The highest BCUT2D eigenvalue weighted by Crippen LogP contribution is 2.27. The maximum Gasteiger partial charge on any atom is 0.321 e. The van der Waals surface area contributed by atoms with E-state index in [0.717, 1.165) is 16.8 Å². The topological polar surface area (TPSA) is 83.0 Å². The number of para-hydroxylation sites is 2. The van der Waals surface area contributed by atoms with Gasteiger partial charge in [0.15, 0.2) is 0 Å². The number of aliphatic imine (C=N–C) groups is 1. The van der Waals surface area contributed by atoms with E-state index in [0.29, 0.717) is 22.9 Å². The van der Waals surface area contributed by atoms with Gasteiger partial charge in [0.25, 0.3) is 5.91 Å². The number of rotatable bonds is 5. The number of fused-ring (bicyclic) bond motifs is 1. The minimum Gasteiger partial charge on any atom is -0.457 e. The Balaban J connectivity index is 1.38. The number of benzodiazepines with no additional fused rings is 1. The summed E-state index contributed by atoms with van der Waals surface area (Å²) >= 11 is 0. The van der Waals surface area contributed by atoms with Gasteiger partial charge in [0.2, 0.25) is 6.17 Å². The van der Waals surface area contributed by atoms with Crippen LogP contribution >= 0.6 is 0 Å². The summed E-state index contributed by atoms with van der Waals surface area (Å²) in [7, 11) is 1.68. The number of anilines is 2. The van der Waals surface area contributed by atoms with Crippen molar-refractivity contribution in [1.29, 1.82) is 0 Å². The molecular formula is C29H24N4O3. The minimum atomic E-state index is -1.11. The second kappa shape index (κ2) is 10.1. The average Bonchev–Trinajstić information content (AvgIpc) is 3.01. The summed E-state index contributed by atoms with van der Waals surface area (Å²) in [4.78, 5) is 32.4. The fourth-order valence-corrected chi connectivity index (χ4v) is 4.00.